The highest BCUT2D eigenvalue weighted by Gasteiger charge is 2.37. The van der Waals surface area contributed by atoms with Gasteiger partial charge in [0.25, 0.3) is 0 Å². The van der Waals surface area contributed by atoms with Crippen LogP contribution in [0.1, 0.15) is 49.7 Å². The van der Waals surface area contributed by atoms with Crippen molar-refractivity contribution in [3.8, 4) is 0 Å². The number of likely N-dealkylation sites (tertiary alicyclic amines) is 1. The van der Waals surface area contributed by atoms with Crippen LogP contribution in [0.4, 0.5) is 10.5 Å². The van der Waals surface area contributed by atoms with Crippen molar-refractivity contribution in [1.82, 2.24) is 15.1 Å². The molecule has 0 bridgehead atoms. The molecule has 2 aliphatic heterocycles. The number of aryl methyl sites for hydroxylation is 2. The number of benzene rings is 1. The third kappa shape index (κ3) is 6.01. The summed E-state index contributed by atoms with van der Waals surface area (Å²) in [6.45, 7) is 8.70. The molecule has 1 atom stereocenters. The van der Waals surface area contributed by atoms with Crippen LogP contribution >= 0.6 is 0 Å². The maximum atomic E-state index is 12.7. The number of anilines is 1. The molecule has 2 N–H and O–H groups in total. The maximum absolute atomic E-state index is 12.7. The van der Waals surface area contributed by atoms with Crippen LogP contribution in [0.2, 0.25) is 0 Å². The molecule has 0 aromatic heterocycles. The third-order valence-corrected chi connectivity index (χ3v) is 7.06. The van der Waals surface area contributed by atoms with E-state index in [0.717, 1.165) is 88.2 Å². The average Bonchev–Trinajstić information content (AvgIpc) is 3.65. The van der Waals surface area contributed by atoms with Gasteiger partial charge >= 0.3 is 6.03 Å². The second-order valence-electron chi connectivity index (χ2n) is 9.64. The predicted octanol–water partition coefficient (Wildman–Crippen LogP) is 3.31. The summed E-state index contributed by atoms with van der Waals surface area (Å²) < 4.78 is 5.60. The molecule has 1 saturated carbocycles. The fourth-order valence-corrected chi connectivity index (χ4v) is 5.03. The normalized spacial score (nSPS) is 22.1. The number of amides is 3. The van der Waals surface area contributed by atoms with Crippen molar-refractivity contribution in [2.75, 3.05) is 44.7 Å². The van der Waals surface area contributed by atoms with Gasteiger partial charge < -0.3 is 20.3 Å². The number of carbonyl (C=O) groups excluding carboxylic acids is 2. The van der Waals surface area contributed by atoms with Crippen molar-refractivity contribution >= 4 is 17.6 Å². The third-order valence-electron chi connectivity index (χ3n) is 7.06. The van der Waals surface area contributed by atoms with Crippen molar-refractivity contribution < 1.29 is 14.3 Å². The monoisotopic (exact) mass is 442 g/mol. The van der Waals surface area contributed by atoms with Gasteiger partial charge in [-0.25, -0.2) is 4.79 Å². The Morgan fingerprint density at radius 2 is 1.88 bits per heavy atom. The van der Waals surface area contributed by atoms with Gasteiger partial charge in [-0.3, -0.25) is 9.69 Å². The van der Waals surface area contributed by atoms with Gasteiger partial charge in [-0.2, -0.15) is 0 Å². The average molecular weight is 443 g/mol. The number of nitrogens with zero attached hydrogens (tertiary/aromatic N) is 2. The number of piperidine rings is 1. The Morgan fingerprint density at radius 3 is 2.62 bits per heavy atom. The molecular weight excluding hydrogens is 404 g/mol. The van der Waals surface area contributed by atoms with Crippen molar-refractivity contribution in [2.45, 2.75) is 64.5 Å². The molecule has 3 fully saturated rings. The van der Waals surface area contributed by atoms with Crippen molar-refractivity contribution in [3.05, 3.63) is 29.3 Å². The first-order valence-electron chi connectivity index (χ1n) is 12.3. The lowest BCUT2D eigenvalue weighted by Crippen LogP contribution is -2.55. The first kappa shape index (κ1) is 23.1. The van der Waals surface area contributed by atoms with E-state index in [1.54, 1.807) is 0 Å². The van der Waals surface area contributed by atoms with E-state index >= 15 is 0 Å². The summed E-state index contributed by atoms with van der Waals surface area (Å²) in [4.78, 5) is 29.8. The molecule has 32 heavy (non-hydrogen) atoms. The van der Waals surface area contributed by atoms with E-state index in [0.29, 0.717) is 24.5 Å². The molecule has 1 aromatic carbocycles. The first-order chi connectivity index (χ1) is 15.5. The van der Waals surface area contributed by atoms with Gasteiger partial charge in [-0.15, -0.1) is 0 Å². The highest BCUT2D eigenvalue weighted by molar-refractivity contribution is 5.90. The molecule has 2 heterocycles. The van der Waals surface area contributed by atoms with E-state index in [1.165, 1.54) is 0 Å². The number of nitrogens with one attached hydrogen (secondary N) is 2. The van der Waals surface area contributed by atoms with Crippen LogP contribution in [0.15, 0.2) is 18.2 Å². The lowest BCUT2D eigenvalue weighted by atomic mass is 9.98. The largest absolute Gasteiger partial charge is 0.381 e. The molecule has 1 aliphatic carbocycles. The summed E-state index contributed by atoms with van der Waals surface area (Å²) >= 11 is 0. The maximum Gasteiger partial charge on any atom is 0.319 e. The molecule has 1 unspecified atom stereocenters. The summed E-state index contributed by atoms with van der Waals surface area (Å²) in [5, 5.41) is 6.03. The van der Waals surface area contributed by atoms with E-state index in [9.17, 15) is 9.59 Å². The summed E-state index contributed by atoms with van der Waals surface area (Å²) in [6, 6.07) is 6.71. The van der Waals surface area contributed by atoms with Gasteiger partial charge in [0.15, 0.2) is 0 Å². The Kier molecular flexibility index (Phi) is 7.68. The summed E-state index contributed by atoms with van der Waals surface area (Å²) in [6.07, 6.45) is 6.32. The lowest BCUT2D eigenvalue weighted by Gasteiger charge is -2.44. The smallest absolute Gasteiger partial charge is 0.319 e. The van der Waals surface area contributed by atoms with Gasteiger partial charge in [0.2, 0.25) is 5.91 Å². The Hall–Kier alpha value is -2.12. The Morgan fingerprint density at radius 1 is 1.09 bits per heavy atom. The zero-order valence-corrected chi connectivity index (χ0v) is 19.6. The summed E-state index contributed by atoms with van der Waals surface area (Å²) in [5.41, 5.74) is 3.03. The van der Waals surface area contributed by atoms with Crippen LogP contribution in [-0.4, -0.2) is 73.2 Å². The van der Waals surface area contributed by atoms with Crippen molar-refractivity contribution in [1.29, 1.82) is 0 Å². The summed E-state index contributed by atoms with van der Waals surface area (Å²) in [5.74, 6) is 0.633. The molecular formula is C25H38N4O3. The SMILES string of the molecule is Cc1ccc(C)c(NC(=O)NCCN(C2CCOCC2)C2CCCN(C(=O)C3CC3)C2)c1. The van der Waals surface area contributed by atoms with Gasteiger partial charge in [0.1, 0.15) is 0 Å². The zero-order chi connectivity index (χ0) is 22.5. The standard InChI is InChI=1S/C25H38N4O3/c1-18-5-6-19(2)23(16-18)27-25(31)26-11-13-29(21-9-14-32-15-10-21)22-4-3-12-28(17-22)24(30)20-7-8-20/h5-6,16,20-22H,3-4,7-15,17H2,1-2H3,(H2,26,27,31). The molecule has 3 amide bonds. The molecule has 4 rings (SSSR count). The highest BCUT2D eigenvalue weighted by atomic mass is 16.5. The van der Waals surface area contributed by atoms with E-state index in [1.807, 2.05) is 32.0 Å². The van der Waals surface area contributed by atoms with Gasteiger partial charge in [0, 0.05) is 63.1 Å². The van der Waals surface area contributed by atoms with Gasteiger partial charge in [-0.05, 0) is 69.6 Å². The number of hydrogen-bond acceptors (Lipinski definition) is 4. The Bertz CT molecular complexity index is 804. The van der Waals surface area contributed by atoms with Gasteiger partial charge in [0.05, 0.1) is 0 Å². The topological polar surface area (TPSA) is 73.9 Å². The molecule has 7 heteroatoms. The Labute approximate surface area is 191 Å². The fourth-order valence-electron chi connectivity index (χ4n) is 5.03. The lowest BCUT2D eigenvalue weighted by molar-refractivity contribution is -0.135. The van der Waals surface area contributed by atoms with Crippen LogP contribution in [0.25, 0.3) is 0 Å². The highest BCUT2D eigenvalue weighted by Crippen LogP contribution is 2.32. The van der Waals surface area contributed by atoms with E-state index in [2.05, 4.69) is 20.4 Å². The van der Waals surface area contributed by atoms with E-state index in [4.69, 9.17) is 4.74 Å². The van der Waals surface area contributed by atoms with Crippen LogP contribution in [0.3, 0.4) is 0 Å². The number of ether oxygens (including phenoxy) is 1. The zero-order valence-electron chi connectivity index (χ0n) is 19.6. The second-order valence-corrected chi connectivity index (χ2v) is 9.64. The van der Waals surface area contributed by atoms with Crippen LogP contribution in [0, 0.1) is 19.8 Å². The molecule has 2 saturated heterocycles. The summed E-state index contributed by atoms with van der Waals surface area (Å²) in [7, 11) is 0. The minimum atomic E-state index is -0.167. The number of rotatable bonds is 7. The second kappa shape index (κ2) is 10.7. The van der Waals surface area contributed by atoms with Crippen molar-refractivity contribution in [2.24, 2.45) is 5.92 Å². The predicted molar refractivity (Wildman–Crippen MR) is 126 cm³/mol. The minimum absolute atomic E-state index is 0.167. The molecule has 3 aliphatic rings. The minimum Gasteiger partial charge on any atom is -0.381 e. The van der Waals surface area contributed by atoms with Crippen LogP contribution in [0.5, 0.6) is 0 Å². The molecule has 176 valence electrons. The Balaban J connectivity index is 1.33. The fraction of sp³-hybridized carbons (Fsp3) is 0.680. The van der Waals surface area contributed by atoms with Crippen LogP contribution < -0.4 is 10.6 Å². The molecule has 7 nitrogen and oxygen atoms in total. The molecule has 0 spiro atoms. The number of urea groups is 1. The van der Waals surface area contributed by atoms with E-state index < -0.39 is 0 Å². The van der Waals surface area contributed by atoms with Crippen molar-refractivity contribution in [3.63, 3.8) is 0 Å². The number of carbonyl (C=O) groups is 2. The molecule has 0 radical (unpaired) electrons. The van der Waals surface area contributed by atoms with Crippen LogP contribution in [-0.2, 0) is 9.53 Å². The van der Waals surface area contributed by atoms with E-state index in [-0.39, 0.29) is 11.9 Å². The number of hydrogen-bond donors (Lipinski definition) is 2. The molecule has 1 aromatic rings. The first-order valence-corrected chi connectivity index (χ1v) is 12.3. The quantitative estimate of drug-likeness (QED) is 0.680. The van der Waals surface area contributed by atoms with Gasteiger partial charge in [-0.1, -0.05) is 12.1 Å².